The van der Waals surface area contributed by atoms with E-state index in [1.165, 1.54) is 193 Å². The molecule has 15 heteroatoms. The Bertz CT molecular complexity index is 3430. The van der Waals surface area contributed by atoms with E-state index < -0.39 is 22.4 Å². The first-order chi connectivity index (χ1) is 58.9. The summed E-state index contributed by atoms with van der Waals surface area (Å²) in [6.45, 7) is 53.5. The molecule has 16 aliphatic carbocycles. The summed E-state index contributed by atoms with van der Waals surface area (Å²) < 4.78 is 5.97. The standard InChI is InChI=1S/C29H50O4.C28H50O2.C28H48O.C27H46O2.B3.B2.B/c1-18(2)8-7-13-29(6,32)26-10-9-22-21-17-25(33-19(3)30)24-16-20(31)11-14-27(24,4)23(21)12-15-28(22,26)5;1-18(2)8-7-13-28(6,30)25-10-9-21-20-17-24(29)23-16-19(3)11-14-26(23,4)22(20)12-15-27(21,25)5;1-19(2)8-7-15-28(6,29)25-12-11-23-22-10-9-21-18-20(3)13-16-26(21,4)24(22)14-17-27(23,25)5;1-18(2)7-6-14-27(5,29)24-11-10-22-21-9-8-19-17-20(28)12-15-25(19,3)23(21)13-16-26(22,24)4;1-3-2;1-2;/h18,20-26,31-32H,7-17H2,1-6H3;18-25,29-30H,7-17H2,1-6H3;9,19-20,22-25,29H,7-8,10-18H2,1-6H3;8,18,20-24,28-29H,6-7,9-17H2,1-5H3;;;/t20-,21?,22?,23?,24+,25-,26?,27+,28-,29-;19-,20?,21?,22?,23+,24-,25?,26+,27-,28-;20-,22?,23?,24?,25?,26-,27-,28-;20-,21?,22?,23?,24?,25-,26-,27-;;;/m0000.../s1. The molecule has 0 aliphatic heterocycles. The summed E-state index contributed by atoms with van der Waals surface area (Å²) in [5.74, 6) is 15.8. The maximum atomic E-state index is 12.0. The van der Waals surface area contributed by atoms with Gasteiger partial charge in [0.25, 0.3) is 0 Å². The van der Waals surface area contributed by atoms with Gasteiger partial charge in [-0.15, -0.1) is 0 Å². The lowest BCUT2D eigenvalue weighted by molar-refractivity contribution is -0.195. The molecule has 0 aromatic rings. The lowest BCUT2D eigenvalue weighted by Crippen LogP contribution is -2.59. The molecule has 0 amide bonds. The highest BCUT2D eigenvalue weighted by molar-refractivity contribution is 7.17. The SMILES string of the molecule is CC(=O)O[C@H]1CC2C3CCC([C@@](C)(O)CCCC(C)C)[C@@]3(C)CCC2[C@@]2(C)CC[C@H](O)C[C@H]12.CC(C)CCC[C@](C)(O)C1CCC2C3CC=C4C[C@@H](C)CC[C@]4(C)C3CC[C@@]21C.CC(C)CCC[C@](C)(O)C1CCC2C3CC=C4C[C@@H](O)CC[C@]4(C)C3CC[C@@]21C.CC(C)CCC[C@](C)(O)C1CCC2C3C[C@H](O)[C@H]4C[C@@H](C)CC[C@]4(C)C3CC[C@@]21C.[B].[B][B].[B][B][B]. The molecule has 36 atom stereocenters. The highest BCUT2D eigenvalue weighted by atomic mass is 16.5. The Morgan fingerprint density at radius 2 is 0.701 bits per heavy atom. The molecule has 0 heterocycles. The first-order valence-corrected chi connectivity index (χ1v) is 54.0. The number of aliphatic hydroxyl groups excluding tert-OH is 3. The van der Waals surface area contributed by atoms with E-state index in [1.54, 1.807) is 5.57 Å². The van der Waals surface area contributed by atoms with E-state index in [0.717, 1.165) is 174 Å². The van der Waals surface area contributed by atoms with Gasteiger partial charge in [-0.2, -0.15) is 0 Å². The van der Waals surface area contributed by atoms with Crippen LogP contribution in [0.1, 0.15) is 442 Å². The van der Waals surface area contributed by atoms with E-state index in [-0.39, 0.29) is 61.0 Å². The van der Waals surface area contributed by atoms with Crippen molar-refractivity contribution in [1.29, 1.82) is 0 Å². The van der Waals surface area contributed by atoms with Crippen LogP contribution < -0.4 is 0 Å². The average molecular weight is 1750 g/mol. The van der Waals surface area contributed by atoms with E-state index in [9.17, 15) is 40.5 Å². The number of aliphatic hydroxyl groups is 7. The number of carbonyl (C=O) groups excluding carboxylic acids is 1. The monoisotopic (exact) mass is 1750 g/mol. The zero-order valence-corrected chi connectivity index (χ0v) is 86.3. The Kier molecular flexibility index (Phi) is 36.4. The molecule has 9 nitrogen and oxygen atoms in total. The van der Waals surface area contributed by atoms with Crippen LogP contribution in [0.5, 0.6) is 0 Å². The summed E-state index contributed by atoms with van der Waals surface area (Å²) in [5, 5.41) is 78.4. The predicted octanol–water partition coefficient (Wildman–Crippen LogP) is 25.0. The highest BCUT2D eigenvalue weighted by Crippen LogP contribution is 2.74. The molecule has 14 saturated carbocycles. The molecule has 16 unspecified atom stereocenters. The number of carbonyl (C=O) groups is 1. The number of esters is 1. The van der Waals surface area contributed by atoms with Gasteiger partial charge in [0.15, 0.2) is 0 Å². The minimum Gasteiger partial charge on any atom is -0.462 e. The topological polar surface area (TPSA) is 168 Å². The Balaban J connectivity index is 0.000000173. The lowest BCUT2D eigenvalue weighted by atomic mass is 9.40. The second-order valence-electron chi connectivity index (χ2n) is 52.7. The Morgan fingerprint density at radius 1 is 0.394 bits per heavy atom. The Morgan fingerprint density at radius 3 is 1.08 bits per heavy atom. The van der Waals surface area contributed by atoms with E-state index in [2.05, 4.69) is 195 Å². The summed E-state index contributed by atoms with van der Waals surface area (Å²) >= 11 is 0. The first kappa shape index (κ1) is 108. The average Bonchev–Trinajstić information content (AvgIpc) is 1.65. The zero-order valence-electron chi connectivity index (χ0n) is 86.3. The molecule has 7 N–H and O–H groups in total. The molecule has 14 fully saturated rings. The van der Waals surface area contributed by atoms with E-state index >= 15 is 0 Å². The maximum absolute atomic E-state index is 12.0. The molecule has 0 spiro atoms. The number of rotatable bonds is 21. The van der Waals surface area contributed by atoms with Crippen LogP contribution >= 0.6 is 0 Å². The molecule has 127 heavy (non-hydrogen) atoms. The quantitative estimate of drug-likeness (QED) is 0.0336. The smallest absolute Gasteiger partial charge is 0.302 e. The third kappa shape index (κ3) is 22.1. The summed E-state index contributed by atoms with van der Waals surface area (Å²) in [7, 11) is 18.0. The molecule has 16 aliphatic rings. The Hall–Kier alpha value is -0.940. The molecular formula is C112H194B6O9. The van der Waals surface area contributed by atoms with Gasteiger partial charge in [0.2, 0.25) is 0 Å². The van der Waals surface area contributed by atoms with Gasteiger partial charge in [0, 0.05) is 59.3 Å². The number of hydrogen-bond acceptors (Lipinski definition) is 9. The number of fused-ring (bicyclic) bond motifs is 20. The van der Waals surface area contributed by atoms with Gasteiger partial charge in [-0.1, -0.05) is 206 Å². The second kappa shape index (κ2) is 42.8. The van der Waals surface area contributed by atoms with Crippen molar-refractivity contribution in [3.8, 4) is 0 Å². The lowest BCUT2D eigenvalue weighted by Gasteiger charge is -2.62. The largest absolute Gasteiger partial charge is 0.462 e. The van der Waals surface area contributed by atoms with Gasteiger partial charge in [-0.05, 0) is 432 Å². The van der Waals surface area contributed by atoms with Crippen molar-refractivity contribution in [3.05, 3.63) is 23.3 Å². The highest BCUT2D eigenvalue weighted by Gasteiger charge is 2.69. The third-order valence-corrected chi connectivity index (χ3v) is 43.2. The molecule has 0 saturated heterocycles. The number of ether oxygens (including phenoxy) is 1. The summed E-state index contributed by atoms with van der Waals surface area (Å²) in [6.07, 6.45) is 56.6. The summed E-state index contributed by atoms with van der Waals surface area (Å²) in [6, 6.07) is 0. The van der Waals surface area contributed by atoms with Gasteiger partial charge in [0.05, 0.1) is 40.7 Å². The van der Waals surface area contributed by atoms with Crippen LogP contribution in [-0.4, -0.2) is 135 Å². The van der Waals surface area contributed by atoms with E-state index in [1.807, 2.05) is 5.57 Å². The normalized spacial score (nSPS) is 45.4. The molecule has 714 valence electrons. The van der Waals surface area contributed by atoms with Crippen LogP contribution in [0.4, 0.5) is 0 Å². The van der Waals surface area contributed by atoms with Crippen molar-refractivity contribution in [2.24, 2.45) is 185 Å². The molecule has 12 radical (unpaired) electrons. The van der Waals surface area contributed by atoms with Gasteiger partial charge in [0.1, 0.15) is 6.10 Å². The number of hydrogen-bond donors (Lipinski definition) is 7. The van der Waals surface area contributed by atoms with Crippen molar-refractivity contribution in [1.82, 2.24) is 0 Å². The van der Waals surface area contributed by atoms with Crippen LogP contribution in [0.25, 0.3) is 0 Å². The van der Waals surface area contributed by atoms with E-state index in [4.69, 9.17) is 4.74 Å². The molecule has 0 bridgehead atoms. The molecule has 16 rings (SSSR count). The third-order valence-electron chi connectivity index (χ3n) is 43.2. The summed E-state index contributed by atoms with van der Waals surface area (Å²) in [4.78, 5) is 12.0. The Labute approximate surface area is 790 Å². The fourth-order valence-corrected chi connectivity index (χ4v) is 36.8. The van der Waals surface area contributed by atoms with Crippen molar-refractivity contribution in [2.45, 2.75) is 489 Å². The van der Waals surface area contributed by atoms with Crippen LogP contribution in [-0.2, 0) is 9.53 Å². The van der Waals surface area contributed by atoms with Crippen LogP contribution in [0.3, 0.4) is 0 Å². The first-order valence-electron chi connectivity index (χ1n) is 54.0. The van der Waals surface area contributed by atoms with Gasteiger partial charge < -0.3 is 40.5 Å². The minimum atomic E-state index is -0.601. The molecule has 0 aromatic heterocycles. The summed E-state index contributed by atoms with van der Waals surface area (Å²) in [5.41, 5.74) is 3.61. The van der Waals surface area contributed by atoms with Crippen molar-refractivity contribution >= 4 is 52.4 Å². The van der Waals surface area contributed by atoms with Crippen LogP contribution in [0.2, 0.25) is 0 Å². The van der Waals surface area contributed by atoms with Crippen LogP contribution in [0.15, 0.2) is 23.3 Å². The van der Waals surface area contributed by atoms with E-state index in [0.29, 0.717) is 92.2 Å². The van der Waals surface area contributed by atoms with Crippen molar-refractivity contribution in [2.75, 3.05) is 0 Å². The van der Waals surface area contributed by atoms with Gasteiger partial charge in [-0.25, -0.2) is 0 Å². The predicted molar refractivity (Wildman–Crippen MR) is 535 cm³/mol. The minimum absolute atomic E-state index is 0. The molecular weight excluding hydrogens is 1550 g/mol. The van der Waals surface area contributed by atoms with Gasteiger partial charge >= 0.3 is 5.97 Å². The molecule has 0 aromatic carbocycles. The maximum Gasteiger partial charge on any atom is 0.302 e. The van der Waals surface area contributed by atoms with Crippen molar-refractivity contribution < 1.29 is 45.3 Å². The van der Waals surface area contributed by atoms with Crippen molar-refractivity contribution in [3.63, 3.8) is 0 Å². The van der Waals surface area contributed by atoms with Crippen LogP contribution in [0, 0.1) is 185 Å². The second-order valence-corrected chi connectivity index (χ2v) is 52.7. The zero-order chi connectivity index (χ0) is 92.8. The number of allylic oxidation sites excluding steroid dienone is 3. The van der Waals surface area contributed by atoms with Gasteiger partial charge in [-0.3, -0.25) is 4.79 Å². The fourth-order valence-electron chi connectivity index (χ4n) is 36.8. The fraction of sp³-hybridized carbons (Fsp3) is 0.955.